The third-order valence-electron chi connectivity index (χ3n) is 3.92. The second-order valence-electron chi connectivity index (χ2n) is 6.57. The SMILES string of the molecule is CCCN(CC(C)(C)CN)C(=O)c1ccc2c(c1)COC2. The van der Waals surface area contributed by atoms with Gasteiger partial charge in [-0.25, -0.2) is 0 Å². The standard InChI is InChI=1S/C17H26N2O2/c1-4-7-19(12-17(2,3)11-18)16(20)13-5-6-14-9-21-10-15(14)8-13/h5-6,8H,4,7,9-12,18H2,1-3H3. The van der Waals surface area contributed by atoms with E-state index in [-0.39, 0.29) is 11.3 Å². The molecule has 1 aliphatic rings. The minimum absolute atomic E-state index is 0.0648. The highest BCUT2D eigenvalue weighted by atomic mass is 16.5. The molecule has 2 N–H and O–H groups in total. The van der Waals surface area contributed by atoms with Crippen LogP contribution in [0.25, 0.3) is 0 Å². The van der Waals surface area contributed by atoms with Crippen LogP contribution in [0.4, 0.5) is 0 Å². The van der Waals surface area contributed by atoms with Gasteiger partial charge in [0.2, 0.25) is 0 Å². The number of amides is 1. The van der Waals surface area contributed by atoms with E-state index in [1.807, 2.05) is 23.1 Å². The zero-order valence-electron chi connectivity index (χ0n) is 13.3. The van der Waals surface area contributed by atoms with Crippen molar-refractivity contribution < 1.29 is 9.53 Å². The van der Waals surface area contributed by atoms with Gasteiger partial charge in [-0.3, -0.25) is 4.79 Å². The topological polar surface area (TPSA) is 55.6 Å². The van der Waals surface area contributed by atoms with Crippen molar-refractivity contribution in [1.29, 1.82) is 0 Å². The van der Waals surface area contributed by atoms with Gasteiger partial charge in [-0.1, -0.05) is 26.8 Å². The summed E-state index contributed by atoms with van der Waals surface area (Å²) in [5, 5.41) is 0. The third-order valence-corrected chi connectivity index (χ3v) is 3.92. The van der Waals surface area contributed by atoms with E-state index in [1.54, 1.807) is 0 Å². The van der Waals surface area contributed by atoms with E-state index < -0.39 is 0 Å². The lowest BCUT2D eigenvalue weighted by atomic mass is 9.92. The minimum Gasteiger partial charge on any atom is -0.372 e. The summed E-state index contributed by atoms with van der Waals surface area (Å²) in [5.41, 5.74) is 8.82. The average Bonchev–Trinajstić information content (AvgIpc) is 2.93. The Morgan fingerprint density at radius 3 is 2.71 bits per heavy atom. The number of benzene rings is 1. The lowest BCUT2D eigenvalue weighted by molar-refractivity contribution is 0.0689. The molecule has 2 rings (SSSR count). The normalized spacial score (nSPS) is 14.1. The van der Waals surface area contributed by atoms with E-state index in [0.29, 0.717) is 26.3 Å². The molecule has 1 aliphatic heterocycles. The summed E-state index contributed by atoms with van der Waals surface area (Å²) in [7, 11) is 0. The number of rotatable bonds is 6. The van der Waals surface area contributed by atoms with E-state index in [0.717, 1.165) is 24.1 Å². The fourth-order valence-electron chi connectivity index (χ4n) is 2.59. The van der Waals surface area contributed by atoms with Gasteiger partial charge in [-0.05, 0) is 41.6 Å². The maximum atomic E-state index is 12.8. The maximum absolute atomic E-state index is 12.8. The van der Waals surface area contributed by atoms with Crippen molar-refractivity contribution >= 4 is 5.91 Å². The quantitative estimate of drug-likeness (QED) is 0.876. The van der Waals surface area contributed by atoms with Gasteiger partial charge in [0.25, 0.3) is 5.91 Å². The predicted octanol–water partition coefficient (Wildman–Crippen LogP) is 2.55. The molecule has 4 nitrogen and oxygen atoms in total. The van der Waals surface area contributed by atoms with E-state index in [2.05, 4.69) is 20.8 Å². The Balaban J connectivity index is 2.18. The number of nitrogens with zero attached hydrogens (tertiary/aromatic N) is 1. The van der Waals surface area contributed by atoms with Gasteiger partial charge in [0.05, 0.1) is 13.2 Å². The molecule has 0 saturated heterocycles. The Hall–Kier alpha value is -1.39. The van der Waals surface area contributed by atoms with Crippen molar-refractivity contribution in [3.63, 3.8) is 0 Å². The molecule has 0 radical (unpaired) electrons. The molecule has 0 unspecified atom stereocenters. The van der Waals surface area contributed by atoms with E-state index >= 15 is 0 Å². The summed E-state index contributed by atoms with van der Waals surface area (Å²) in [6.45, 7) is 9.56. The summed E-state index contributed by atoms with van der Waals surface area (Å²) in [6.07, 6.45) is 0.945. The van der Waals surface area contributed by atoms with Gasteiger partial charge in [-0.2, -0.15) is 0 Å². The second kappa shape index (κ2) is 6.58. The smallest absolute Gasteiger partial charge is 0.253 e. The second-order valence-corrected chi connectivity index (χ2v) is 6.57. The van der Waals surface area contributed by atoms with E-state index in [9.17, 15) is 4.79 Å². The van der Waals surface area contributed by atoms with E-state index in [1.165, 1.54) is 5.56 Å². The molecule has 0 aliphatic carbocycles. The summed E-state index contributed by atoms with van der Waals surface area (Å²) < 4.78 is 5.41. The van der Waals surface area contributed by atoms with Crippen LogP contribution in [0.15, 0.2) is 18.2 Å². The minimum atomic E-state index is -0.0648. The molecule has 1 heterocycles. The number of nitrogens with two attached hydrogens (primary N) is 1. The van der Waals surface area contributed by atoms with Crippen LogP contribution < -0.4 is 5.73 Å². The van der Waals surface area contributed by atoms with Crippen molar-refractivity contribution in [1.82, 2.24) is 4.90 Å². The molecular weight excluding hydrogens is 264 g/mol. The van der Waals surface area contributed by atoms with Gasteiger partial charge in [0.15, 0.2) is 0 Å². The third kappa shape index (κ3) is 3.83. The molecule has 0 atom stereocenters. The highest BCUT2D eigenvalue weighted by Crippen LogP contribution is 2.23. The number of fused-ring (bicyclic) bond motifs is 1. The van der Waals surface area contributed by atoms with Gasteiger partial charge in [0.1, 0.15) is 0 Å². The van der Waals surface area contributed by atoms with Gasteiger partial charge >= 0.3 is 0 Å². The molecule has 0 fully saturated rings. The van der Waals surface area contributed by atoms with E-state index in [4.69, 9.17) is 10.5 Å². The highest BCUT2D eigenvalue weighted by molar-refractivity contribution is 5.94. The monoisotopic (exact) mass is 290 g/mol. The van der Waals surface area contributed by atoms with Crippen molar-refractivity contribution in [2.75, 3.05) is 19.6 Å². The fourth-order valence-corrected chi connectivity index (χ4v) is 2.59. The van der Waals surface area contributed by atoms with Gasteiger partial charge in [0, 0.05) is 18.7 Å². The lowest BCUT2D eigenvalue weighted by Crippen LogP contribution is -2.42. The van der Waals surface area contributed by atoms with Crippen molar-refractivity contribution in [2.45, 2.75) is 40.4 Å². The van der Waals surface area contributed by atoms with Crippen LogP contribution in [0, 0.1) is 5.41 Å². The molecule has 0 spiro atoms. The molecule has 21 heavy (non-hydrogen) atoms. The van der Waals surface area contributed by atoms with Crippen LogP contribution >= 0.6 is 0 Å². The zero-order valence-corrected chi connectivity index (χ0v) is 13.3. The van der Waals surface area contributed by atoms with Crippen LogP contribution in [-0.4, -0.2) is 30.4 Å². The zero-order chi connectivity index (χ0) is 15.5. The van der Waals surface area contributed by atoms with Crippen molar-refractivity contribution in [2.24, 2.45) is 11.1 Å². The number of carbonyl (C=O) groups is 1. The Bertz CT molecular complexity index is 512. The molecular formula is C17H26N2O2. The van der Waals surface area contributed by atoms with Crippen LogP contribution in [0.3, 0.4) is 0 Å². The molecule has 4 heteroatoms. The van der Waals surface area contributed by atoms with Crippen LogP contribution in [0.1, 0.15) is 48.7 Å². The summed E-state index contributed by atoms with van der Waals surface area (Å²) in [4.78, 5) is 14.7. The summed E-state index contributed by atoms with van der Waals surface area (Å²) >= 11 is 0. The molecule has 0 aromatic heterocycles. The highest BCUT2D eigenvalue weighted by Gasteiger charge is 2.25. The van der Waals surface area contributed by atoms with Gasteiger partial charge < -0.3 is 15.4 Å². The largest absolute Gasteiger partial charge is 0.372 e. The van der Waals surface area contributed by atoms with Gasteiger partial charge in [-0.15, -0.1) is 0 Å². The van der Waals surface area contributed by atoms with Crippen molar-refractivity contribution in [3.05, 3.63) is 34.9 Å². The molecule has 116 valence electrons. The number of hydrogen-bond acceptors (Lipinski definition) is 3. The number of carbonyl (C=O) groups excluding carboxylic acids is 1. The summed E-state index contributed by atoms with van der Waals surface area (Å²) in [6, 6.07) is 5.89. The van der Waals surface area contributed by atoms with Crippen LogP contribution in [0.5, 0.6) is 0 Å². The molecule has 0 bridgehead atoms. The molecule has 0 saturated carbocycles. The Morgan fingerprint density at radius 2 is 2.05 bits per heavy atom. The first-order valence-electron chi connectivity index (χ1n) is 7.66. The first kappa shape index (κ1) is 16.0. The Kier molecular flexibility index (Phi) is 5.01. The van der Waals surface area contributed by atoms with Crippen LogP contribution in [-0.2, 0) is 18.0 Å². The van der Waals surface area contributed by atoms with Crippen molar-refractivity contribution in [3.8, 4) is 0 Å². The van der Waals surface area contributed by atoms with Crippen LogP contribution in [0.2, 0.25) is 0 Å². The number of ether oxygens (including phenoxy) is 1. The first-order valence-corrected chi connectivity index (χ1v) is 7.66. The summed E-state index contributed by atoms with van der Waals surface area (Å²) in [5.74, 6) is 0.0908. The Labute approximate surface area is 127 Å². The Morgan fingerprint density at radius 1 is 1.33 bits per heavy atom. The molecule has 1 aromatic rings. The molecule has 1 aromatic carbocycles. The molecule has 1 amide bonds. The lowest BCUT2D eigenvalue weighted by Gasteiger charge is -2.32. The average molecular weight is 290 g/mol. The maximum Gasteiger partial charge on any atom is 0.253 e. The first-order chi connectivity index (χ1) is 9.96. The predicted molar refractivity (Wildman–Crippen MR) is 84.0 cm³/mol. The fraction of sp³-hybridized carbons (Fsp3) is 0.588. The number of hydrogen-bond donors (Lipinski definition) is 1.